The second-order valence-electron chi connectivity index (χ2n) is 5.29. The monoisotopic (exact) mass is 217 g/mol. The standard InChI is InChI=1S/C15H23N/c1-13(2)16-10-6-9-15(12-16)11-14-7-4-3-5-8-14/h3-5,7-8,13,15H,6,9-12H2,1-2H3. The normalized spacial score (nSPS) is 22.6. The third-order valence-electron chi connectivity index (χ3n) is 3.65. The van der Waals surface area contributed by atoms with Gasteiger partial charge in [-0.1, -0.05) is 30.3 Å². The molecule has 1 nitrogen and oxygen atoms in total. The molecule has 1 heterocycles. The molecule has 1 saturated heterocycles. The molecule has 88 valence electrons. The van der Waals surface area contributed by atoms with Crippen LogP contribution in [0.1, 0.15) is 32.3 Å². The zero-order valence-electron chi connectivity index (χ0n) is 10.5. The lowest BCUT2D eigenvalue weighted by Crippen LogP contribution is -2.40. The average Bonchev–Trinajstić information content (AvgIpc) is 2.30. The SMILES string of the molecule is CC(C)N1CCCC(Cc2ccccc2)C1. The maximum absolute atomic E-state index is 2.62. The minimum atomic E-state index is 0.707. The minimum Gasteiger partial charge on any atom is -0.301 e. The summed E-state index contributed by atoms with van der Waals surface area (Å²) in [5, 5.41) is 0. The van der Waals surface area contributed by atoms with Gasteiger partial charge in [-0.3, -0.25) is 0 Å². The number of benzene rings is 1. The van der Waals surface area contributed by atoms with Crippen molar-refractivity contribution in [2.24, 2.45) is 5.92 Å². The van der Waals surface area contributed by atoms with Gasteiger partial charge in [0.1, 0.15) is 0 Å². The van der Waals surface area contributed by atoms with Crippen LogP contribution >= 0.6 is 0 Å². The molecule has 1 aliphatic rings. The van der Waals surface area contributed by atoms with Crippen molar-refractivity contribution in [2.45, 2.75) is 39.2 Å². The molecule has 0 radical (unpaired) electrons. The van der Waals surface area contributed by atoms with E-state index in [0.29, 0.717) is 6.04 Å². The van der Waals surface area contributed by atoms with Crippen LogP contribution in [0.3, 0.4) is 0 Å². The fourth-order valence-electron chi connectivity index (χ4n) is 2.68. The third-order valence-corrected chi connectivity index (χ3v) is 3.65. The predicted molar refractivity (Wildman–Crippen MR) is 69.6 cm³/mol. The number of piperidine rings is 1. The van der Waals surface area contributed by atoms with Gasteiger partial charge in [0.15, 0.2) is 0 Å². The van der Waals surface area contributed by atoms with Gasteiger partial charge in [0, 0.05) is 12.6 Å². The van der Waals surface area contributed by atoms with Crippen molar-refractivity contribution in [3.63, 3.8) is 0 Å². The largest absolute Gasteiger partial charge is 0.301 e. The van der Waals surface area contributed by atoms with Gasteiger partial charge in [-0.25, -0.2) is 0 Å². The van der Waals surface area contributed by atoms with Gasteiger partial charge in [0.25, 0.3) is 0 Å². The summed E-state index contributed by atoms with van der Waals surface area (Å²) in [6.07, 6.45) is 4.03. The van der Waals surface area contributed by atoms with Gasteiger partial charge in [-0.05, 0) is 51.1 Å². The summed E-state index contributed by atoms with van der Waals surface area (Å²) in [6, 6.07) is 11.6. The van der Waals surface area contributed by atoms with Crippen LogP contribution in [0.25, 0.3) is 0 Å². The van der Waals surface area contributed by atoms with Gasteiger partial charge in [0.2, 0.25) is 0 Å². The van der Waals surface area contributed by atoms with E-state index < -0.39 is 0 Å². The van der Waals surface area contributed by atoms with Crippen LogP contribution in [0.4, 0.5) is 0 Å². The molecule has 0 N–H and O–H groups in total. The summed E-state index contributed by atoms with van der Waals surface area (Å²) < 4.78 is 0. The highest BCUT2D eigenvalue weighted by Gasteiger charge is 2.21. The van der Waals surface area contributed by atoms with E-state index in [1.165, 1.54) is 37.9 Å². The summed E-state index contributed by atoms with van der Waals surface area (Å²) in [5.74, 6) is 0.860. The molecule has 1 heteroatoms. The van der Waals surface area contributed by atoms with Crippen LogP contribution in [0.2, 0.25) is 0 Å². The maximum Gasteiger partial charge on any atom is 0.00387 e. The van der Waals surface area contributed by atoms with Crippen LogP contribution in [0.15, 0.2) is 30.3 Å². The van der Waals surface area contributed by atoms with E-state index in [-0.39, 0.29) is 0 Å². The molecule has 1 aliphatic heterocycles. The fraction of sp³-hybridized carbons (Fsp3) is 0.600. The summed E-state index contributed by atoms with van der Waals surface area (Å²) in [4.78, 5) is 2.62. The van der Waals surface area contributed by atoms with Gasteiger partial charge >= 0.3 is 0 Å². The molecule has 0 aromatic heterocycles. The van der Waals surface area contributed by atoms with E-state index in [1.807, 2.05) is 0 Å². The molecule has 1 unspecified atom stereocenters. The lowest BCUT2D eigenvalue weighted by molar-refractivity contribution is 0.139. The molecule has 0 saturated carbocycles. The topological polar surface area (TPSA) is 3.24 Å². The lowest BCUT2D eigenvalue weighted by atomic mass is 9.91. The molecular formula is C15H23N. The first-order chi connectivity index (χ1) is 7.75. The Morgan fingerprint density at radius 2 is 2.00 bits per heavy atom. The molecule has 2 rings (SSSR count). The average molecular weight is 217 g/mol. The van der Waals surface area contributed by atoms with Crippen molar-refractivity contribution in [3.05, 3.63) is 35.9 Å². The molecule has 1 atom stereocenters. The van der Waals surface area contributed by atoms with Gasteiger partial charge < -0.3 is 4.90 Å². The smallest absolute Gasteiger partial charge is 0.00387 e. The second-order valence-corrected chi connectivity index (χ2v) is 5.29. The van der Waals surface area contributed by atoms with E-state index >= 15 is 0 Å². The fourth-order valence-corrected chi connectivity index (χ4v) is 2.68. The molecule has 1 fully saturated rings. The Labute approximate surface area is 99.5 Å². The van der Waals surface area contributed by atoms with E-state index in [0.717, 1.165) is 5.92 Å². The molecule has 1 aromatic carbocycles. The number of likely N-dealkylation sites (tertiary alicyclic amines) is 1. The van der Waals surface area contributed by atoms with Crippen molar-refractivity contribution in [2.75, 3.05) is 13.1 Å². The summed E-state index contributed by atoms with van der Waals surface area (Å²) >= 11 is 0. The zero-order valence-corrected chi connectivity index (χ0v) is 10.5. The third kappa shape index (κ3) is 3.08. The number of rotatable bonds is 3. The van der Waals surface area contributed by atoms with Gasteiger partial charge in [0.05, 0.1) is 0 Å². The first kappa shape index (κ1) is 11.7. The molecule has 16 heavy (non-hydrogen) atoms. The van der Waals surface area contributed by atoms with E-state index in [2.05, 4.69) is 49.1 Å². The summed E-state index contributed by atoms with van der Waals surface area (Å²) in [5.41, 5.74) is 1.50. The Hall–Kier alpha value is -0.820. The highest BCUT2D eigenvalue weighted by atomic mass is 15.2. The molecule has 0 spiro atoms. The first-order valence-electron chi connectivity index (χ1n) is 6.53. The predicted octanol–water partition coefficient (Wildman–Crippen LogP) is 3.35. The Balaban J connectivity index is 1.90. The van der Waals surface area contributed by atoms with E-state index in [1.54, 1.807) is 0 Å². The maximum atomic E-state index is 2.62. The summed E-state index contributed by atoms with van der Waals surface area (Å²) in [6.45, 7) is 7.20. The quantitative estimate of drug-likeness (QED) is 0.750. The second kappa shape index (κ2) is 5.49. The molecule has 1 aromatic rings. The highest BCUT2D eigenvalue weighted by Crippen LogP contribution is 2.21. The Bertz CT molecular complexity index is 304. The van der Waals surface area contributed by atoms with E-state index in [4.69, 9.17) is 0 Å². The molecule has 0 aliphatic carbocycles. The lowest BCUT2D eigenvalue weighted by Gasteiger charge is -2.35. The van der Waals surface area contributed by atoms with Gasteiger partial charge in [-0.2, -0.15) is 0 Å². The number of hydrogen-bond donors (Lipinski definition) is 0. The first-order valence-corrected chi connectivity index (χ1v) is 6.53. The van der Waals surface area contributed by atoms with Crippen LogP contribution in [-0.4, -0.2) is 24.0 Å². The van der Waals surface area contributed by atoms with Crippen molar-refractivity contribution in [3.8, 4) is 0 Å². The minimum absolute atomic E-state index is 0.707. The zero-order chi connectivity index (χ0) is 11.4. The summed E-state index contributed by atoms with van der Waals surface area (Å²) in [7, 11) is 0. The van der Waals surface area contributed by atoms with Crippen LogP contribution < -0.4 is 0 Å². The van der Waals surface area contributed by atoms with Gasteiger partial charge in [-0.15, -0.1) is 0 Å². The number of nitrogens with zero attached hydrogens (tertiary/aromatic N) is 1. The Morgan fingerprint density at radius 3 is 2.69 bits per heavy atom. The van der Waals surface area contributed by atoms with Crippen molar-refractivity contribution < 1.29 is 0 Å². The van der Waals surface area contributed by atoms with Crippen LogP contribution in [0.5, 0.6) is 0 Å². The molecule has 0 bridgehead atoms. The van der Waals surface area contributed by atoms with E-state index in [9.17, 15) is 0 Å². The van der Waals surface area contributed by atoms with Crippen LogP contribution in [-0.2, 0) is 6.42 Å². The molecular weight excluding hydrogens is 194 g/mol. The highest BCUT2D eigenvalue weighted by molar-refractivity contribution is 5.15. The van der Waals surface area contributed by atoms with Crippen molar-refractivity contribution in [1.29, 1.82) is 0 Å². The Kier molecular flexibility index (Phi) is 4.00. The van der Waals surface area contributed by atoms with Crippen LogP contribution in [0, 0.1) is 5.92 Å². The Morgan fingerprint density at radius 1 is 1.25 bits per heavy atom. The van der Waals surface area contributed by atoms with Crippen molar-refractivity contribution >= 4 is 0 Å². The van der Waals surface area contributed by atoms with Crippen molar-refractivity contribution in [1.82, 2.24) is 4.90 Å². The molecule has 0 amide bonds. The number of hydrogen-bond acceptors (Lipinski definition) is 1.